The molecular formula is C14H10BrClFN. The Morgan fingerprint density at radius 3 is 2.72 bits per heavy atom. The topological polar surface area (TPSA) is 3.24 Å². The lowest BCUT2D eigenvalue weighted by molar-refractivity contribution is 0.619. The van der Waals surface area contributed by atoms with Gasteiger partial charge >= 0.3 is 0 Å². The summed E-state index contributed by atoms with van der Waals surface area (Å²) in [6, 6.07) is 10.9. The van der Waals surface area contributed by atoms with Crippen LogP contribution in [0.3, 0.4) is 0 Å². The van der Waals surface area contributed by atoms with Crippen LogP contribution in [0.4, 0.5) is 10.1 Å². The van der Waals surface area contributed by atoms with Crippen molar-refractivity contribution in [3.63, 3.8) is 0 Å². The van der Waals surface area contributed by atoms with Crippen molar-refractivity contribution in [2.45, 2.75) is 13.1 Å². The molecule has 0 N–H and O–H groups in total. The third-order valence-electron chi connectivity index (χ3n) is 3.18. The summed E-state index contributed by atoms with van der Waals surface area (Å²) >= 11 is 9.31. The van der Waals surface area contributed by atoms with Crippen molar-refractivity contribution in [3.05, 3.63) is 62.8 Å². The van der Waals surface area contributed by atoms with Gasteiger partial charge in [0.2, 0.25) is 0 Å². The van der Waals surface area contributed by atoms with Crippen molar-refractivity contribution in [1.29, 1.82) is 0 Å². The van der Waals surface area contributed by atoms with Crippen molar-refractivity contribution in [1.82, 2.24) is 0 Å². The maximum Gasteiger partial charge on any atom is 0.147 e. The molecule has 1 nitrogen and oxygen atoms in total. The number of benzene rings is 2. The van der Waals surface area contributed by atoms with Crippen molar-refractivity contribution >= 4 is 33.2 Å². The number of nitrogens with zero attached hydrogens (tertiary/aromatic N) is 1. The van der Waals surface area contributed by atoms with Gasteiger partial charge in [-0.3, -0.25) is 0 Å². The smallest absolute Gasteiger partial charge is 0.147 e. The first-order chi connectivity index (χ1) is 8.65. The van der Waals surface area contributed by atoms with Crippen LogP contribution in [0.15, 0.2) is 40.9 Å². The molecule has 0 spiro atoms. The second-order valence-corrected chi connectivity index (χ2v) is 5.62. The number of fused-ring (bicyclic) bond motifs is 1. The Balaban J connectivity index is 1.96. The van der Waals surface area contributed by atoms with Gasteiger partial charge in [-0.05, 0) is 35.4 Å². The number of rotatable bonds is 1. The van der Waals surface area contributed by atoms with Crippen LogP contribution in [-0.4, -0.2) is 0 Å². The zero-order chi connectivity index (χ0) is 12.7. The fourth-order valence-corrected chi connectivity index (χ4v) is 2.98. The first-order valence-electron chi connectivity index (χ1n) is 5.61. The summed E-state index contributed by atoms with van der Waals surface area (Å²) in [6.45, 7) is 1.45. The quantitative estimate of drug-likeness (QED) is 0.730. The van der Waals surface area contributed by atoms with E-state index in [4.69, 9.17) is 11.6 Å². The molecule has 0 aliphatic carbocycles. The third-order valence-corrected chi connectivity index (χ3v) is 4.15. The highest BCUT2D eigenvalue weighted by molar-refractivity contribution is 9.10. The van der Waals surface area contributed by atoms with Crippen LogP contribution in [0.25, 0.3) is 0 Å². The summed E-state index contributed by atoms with van der Waals surface area (Å²) in [6.07, 6.45) is 0. The van der Waals surface area contributed by atoms with E-state index >= 15 is 0 Å². The standard InChI is InChI=1S/C14H10BrClFN/c15-12-3-1-2-9-7-18(8-11(9)12)14-5-4-10(16)6-13(14)17/h1-6H,7-8H2. The number of anilines is 1. The van der Waals surface area contributed by atoms with E-state index in [9.17, 15) is 4.39 Å². The van der Waals surface area contributed by atoms with E-state index in [0.717, 1.165) is 17.6 Å². The van der Waals surface area contributed by atoms with Gasteiger partial charge in [-0.15, -0.1) is 0 Å². The van der Waals surface area contributed by atoms with E-state index < -0.39 is 0 Å². The van der Waals surface area contributed by atoms with Crippen LogP contribution in [0, 0.1) is 5.82 Å². The van der Waals surface area contributed by atoms with Gasteiger partial charge in [-0.1, -0.05) is 39.7 Å². The fourth-order valence-electron chi connectivity index (χ4n) is 2.29. The Bertz CT molecular complexity index is 615. The van der Waals surface area contributed by atoms with E-state index in [1.807, 2.05) is 17.0 Å². The Hall–Kier alpha value is -1.06. The molecule has 0 saturated heterocycles. The predicted octanol–water partition coefficient (Wildman–Crippen LogP) is 4.76. The maximum atomic E-state index is 13.9. The van der Waals surface area contributed by atoms with Crippen LogP contribution in [0.2, 0.25) is 5.02 Å². The fraction of sp³-hybridized carbons (Fsp3) is 0.143. The Morgan fingerprint density at radius 2 is 2.00 bits per heavy atom. The molecule has 0 unspecified atom stereocenters. The second kappa shape index (κ2) is 4.56. The van der Waals surface area contributed by atoms with E-state index in [-0.39, 0.29) is 5.82 Å². The third kappa shape index (κ3) is 2.02. The van der Waals surface area contributed by atoms with Crippen molar-refractivity contribution in [2.75, 3.05) is 4.90 Å². The van der Waals surface area contributed by atoms with Crippen LogP contribution in [-0.2, 0) is 13.1 Å². The average Bonchev–Trinajstić information content (AvgIpc) is 2.74. The zero-order valence-electron chi connectivity index (χ0n) is 9.46. The number of halogens is 3. The summed E-state index contributed by atoms with van der Waals surface area (Å²) in [5.41, 5.74) is 3.06. The molecule has 0 bridgehead atoms. The van der Waals surface area contributed by atoms with Crippen LogP contribution in [0.5, 0.6) is 0 Å². The number of hydrogen-bond donors (Lipinski definition) is 0. The average molecular weight is 327 g/mol. The number of hydrogen-bond acceptors (Lipinski definition) is 1. The Kier molecular flexibility index (Phi) is 3.04. The highest BCUT2D eigenvalue weighted by Crippen LogP contribution is 2.34. The molecule has 0 radical (unpaired) electrons. The predicted molar refractivity (Wildman–Crippen MR) is 75.4 cm³/mol. The highest BCUT2D eigenvalue weighted by atomic mass is 79.9. The van der Waals surface area contributed by atoms with Gasteiger partial charge in [-0.25, -0.2) is 4.39 Å². The zero-order valence-corrected chi connectivity index (χ0v) is 11.8. The lowest BCUT2D eigenvalue weighted by Gasteiger charge is -2.18. The molecule has 0 fully saturated rings. The van der Waals surface area contributed by atoms with Gasteiger partial charge in [0.15, 0.2) is 0 Å². The summed E-state index contributed by atoms with van der Waals surface area (Å²) in [5.74, 6) is -0.272. The van der Waals surface area contributed by atoms with Gasteiger partial charge in [0, 0.05) is 22.6 Å². The van der Waals surface area contributed by atoms with E-state index in [1.54, 1.807) is 12.1 Å². The van der Waals surface area contributed by atoms with Gasteiger partial charge in [0.25, 0.3) is 0 Å². The minimum absolute atomic E-state index is 0.272. The summed E-state index contributed by atoms with van der Waals surface area (Å²) in [4.78, 5) is 2.01. The molecule has 0 amide bonds. The molecule has 3 rings (SSSR count). The van der Waals surface area contributed by atoms with Gasteiger partial charge in [0.1, 0.15) is 5.82 Å². The van der Waals surface area contributed by atoms with Crippen LogP contribution >= 0.6 is 27.5 Å². The molecule has 1 heterocycles. The summed E-state index contributed by atoms with van der Waals surface area (Å²) < 4.78 is 15.0. The molecule has 1 aliphatic rings. The van der Waals surface area contributed by atoms with Crippen molar-refractivity contribution in [3.8, 4) is 0 Å². The summed E-state index contributed by atoms with van der Waals surface area (Å²) in [7, 11) is 0. The molecule has 4 heteroatoms. The van der Waals surface area contributed by atoms with Crippen molar-refractivity contribution in [2.24, 2.45) is 0 Å². The minimum atomic E-state index is -0.272. The Morgan fingerprint density at radius 1 is 1.17 bits per heavy atom. The van der Waals surface area contributed by atoms with Gasteiger partial charge in [-0.2, -0.15) is 0 Å². The second-order valence-electron chi connectivity index (χ2n) is 4.33. The van der Waals surface area contributed by atoms with Crippen molar-refractivity contribution < 1.29 is 4.39 Å². The van der Waals surface area contributed by atoms with Gasteiger partial charge < -0.3 is 4.90 Å². The molecular weight excluding hydrogens is 317 g/mol. The normalized spacial score (nSPS) is 13.8. The lowest BCUT2D eigenvalue weighted by atomic mass is 10.1. The molecule has 18 heavy (non-hydrogen) atoms. The first-order valence-corrected chi connectivity index (χ1v) is 6.78. The van der Waals surface area contributed by atoms with Gasteiger partial charge in [0.05, 0.1) is 5.69 Å². The molecule has 0 saturated carbocycles. The summed E-state index contributed by atoms with van der Waals surface area (Å²) in [5, 5.41) is 0.425. The monoisotopic (exact) mass is 325 g/mol. The van der Waals surface area contributed by atoms with E-state index in [2.05, 4.69) is 22.0 Å². The van der Waals surface area contributed by atoms with E-state index in [0.29, 0.717) is 10.7 Å². The van der Waals surface area contributed by atoms with Crippen LogP contribution < -0.4 is 4.90 Å². The molecule has 92 valence electrons. The largest absolute Gasteiger partial charge is 0.360 e. The molecule has 0 aromatic heterocycles. The maximum absolute atomic E-state index is 13.9. The minimum Gasteiger partial charge on any atom is -0.360 e. The first kappa shape index (κ1) is 12.0. The Labute approximate surface area is 118 Å². The SMILES string of the molecule is Fc1cc(Cl)ccc1N1Cc2cccc(Br)c2C1. The highest BCUT2D eigenvalue weighted by Gasteiger charge is 2.22. The lowest BCUT2D eigenvalue weighted by Crippen LogP contribution is -2.15. The van der Waals surface area contributed by atoms with Crippen LogP contribution in [0.1, 0.15) is 11.1 Å². The molecule has 2 aromatic rings. The van der Waals surface area contributed by atoms with E-state index in [1.165, 1.54) is 17.2 Å². The molecule has 0 atom stereocenters. The molecule has 2 aromatic carbocycles. The molecule has 1 aliphatic heterocycles.